The van der Waals surface area contributed by atoms with Crippen LogP contribution in [0.2, 0.25) is 0 Å². The zero-order chi connectivity index (χ0) is 22.3. The largest absolute Gasteiger partial charge is 0.494 e. The van der Waals surface area contributed by atoms with Gasteiger partial charge in [-0.05, 0) is 43.3 Å². The number of rotatable bonds is 9. The van der Waals surface area contributed by atoms with Crippen LogP contribution >= 0.6 is 11.8 Å². The second-order valence-electron chi connectivity index (χ2n) is 6.66. The molecule has 3 rings (SSSR count). The quantitative estimate of drug-likeness (QED) is 0.508. The van der Waals surface area contributed by atoms with E-state index in [1.165, 1.54) is 11.8 Å². The average Bonchev–Trinajstić information content (AvgIpc) is 2.74. The predicted molar refractivity (Wildman–Crippen MR) is 125 cm³/mol. The van der Waals surface area contributed by atoms with E-state index in [-0.39, 0.29) is 6.54 Å². The number of nitrogens with zero attached hydrogens (tertiary/aromatic N) is 1. The molecule has 6 nitrogen and oxygen atoms in total. The Bertz CT molecular complexity index is 1140. The summed E-state index contributed by atoms with van der Waals surface area (Å²) in [7, 11) is -3.68. The van der Waals surface area contributed by atoms with Gasteiger partial charge in [0.2, 0.25) is 15.9 Å². The Morgan fingerprint density at radius 3 is 2.42 bits per heavy atom. The van der Waals surface area contributed by atoms with Gasteiger partial charge >= 0.3 is 0 Å². The smallest absolute Gasteiger partial charge is 0.245 e. The highest BCUT2D eigenvalue weighted by Gasteiger charge is 2.22. The third-order valence-corrected chi connectivity index (χ3v) is 6.46. The number of hydrogen-bond acceptors (Lipinski definition) is 5. The van der Waals surface area contributed by atoms with Gasteiger partial charge in [0, 0.05) is 15.9 Å². The Morgan fingerprint density at radius 2 is 1.71 bits per heavy atom. The lowest BCUT2D eigenvalue weighted by atomic mass is 10.3. The minimum absolute atomic E-state index is 0.348. The van der Waals surface area contributed by atoms with Crippen LogP contribution in [-0.4, -0.2) is 33.7 Å². The monoisotopic (exact) mass is 456 g/mol. The van der Waals surface area contributed by atoms with Crippen LogP contribution in [0.15, 0.2) is 88.7 Å². The molecule has 0 saturated heterocycles. The molecule has 3 aromatic carbocycles. The number of carbonyl (C=O) groups is 1. The molecule has 0 heterocycles. The summed E-state index contributed by atoms with van der Waals surface area (Å²) in [5.41, 5.74) is 0.994. The standard InChI is InChI=1S/C23H24N2O4S2/c1-3-29-19-11-9-10-18(16-19)25(31(2,27)28)17-23(26)24-21-14-7-8-15-22(21)30-20-12-5-4-6-13-20/h4-16H,3,17H2,1-2H3,(H,24,26). The summed E-state index contributed by atoms with van der Waals surface area (Å²) in [6.45, 7) is 1.96. The van der Waals surface area contributed by atoms with Gasteiger partial charge in [-0.1, -0.05) is 48.2 Å². The number of anilines is 2. The molecule has 0 aromatic heterocycles. The van der Waals surface area contributed by atoms with Gasteiger partial charge in [0.05, 0.1) is 24.2 Å². The van der Waals surface area contributed by atoms with E-state index in [9.17, 15) is 13.2 Å². The van der Waals surface area contributed by atoms with E-state index in [4.69, 9.17) is 4.74 Å². The number of sulfonamides is 1. The van der Waals surface area contributed by atoms with Crippen LogP contribution in [0, 0.1) is 0 Å². The van der Waals surface area contributed by atoms with Gasteiger partial charge in [0.1, 0.15) is 12.3 Å². The first-order valence-corrected chi connectivity index (χ1v) is 12.4. The lowest BCUT2D eigenvalue weighted by Crippen LogP contribution is -2.37. The first-order chi connectivity index (χ1) is 14.9. The van der Waals surface area contributed by atoms with Crippen LogP contribution in [-0.2, 0) is 14.8 Å². The van der Waals surface area contributed by atoms with Gasteiger partial charge in [-0.3, -0.25) is 9.10 Å². The first-order valence-electron chi connectivity index (χ1n) is 9.69. The lowest BCUT2D eigenvalue weighted by molar-refractivity contribution is -0.114. The Hall–Kier alpha value is -2.97. The summed E-state index contributed by atoms with van der Waals surface area (Å²) in [5.74, 6) is 0.104. The number of carbonyl (C=O) groups excluding carboxylic acids is 1. The zero-order valence-corrected chi connectivity index (χ0v) is 18.9. The summed E-state index contributed by atoms with van der Waals surface area (Å²) < 4.78 is 31.3. The van der Waals surface area contributed by atoms with E-state index in [1.807, 2.05) is 55.5 Å². The topological polar surface area (TPSA) is 75.7 Å². The van der Waals surface area contributed by atoms with Crippen LogP contribution in [0.25, 0.3) is 0 Å². The van der Waals surface area contributed by atoms with Crippen molar-refractivity contribution >= 4 is 39.1 Å². The number of benzene rings is 3. The summed E-state index contributed by atoms with van der Waals surface area (Å²) in [6.07, 6.45) is 1.08. The van der Waals surface area contributed by atoms with Crippen molar-refractivity contribution in [3.63, 3.8) is 0 Å². The molecule has 31 heavy (non-hydrogen) atoms. The fraction of sp³-hybridized carbons (Fsp3) is 0.174. The number of amides is 1. The molecular weight excluding hydrogens is 432 g/mol. The SMILES string of the molecule is CCOc1cccc(N(CC(=O)Nc2ccccc2Sc2ccccc2)S(C)(=O)=O)c1. The molecule has 0 saturated carbocycles. The maximum absolute atomic E-state index is 12.8. The van der Waals surface area contributed by atoms with Crippen LogP contribution < -0.4 is 14.4 Å². The molecule has 1 amide bonds. The zero-order valence-electron chi connectivity index (χ0n) is 17.3. The number of para-hydroxylation sites is 1. The highest BCUT2D eigenvalue weighted by atomic mass is 32.2. The van der Waals surface area contributed by atoms with E-state index in [1.54, 1.807) is 30.3 Å². The molecule has 0 aliphatic carbocycles. The van der Waals surface area contributed by atoms with E-state index in [0.29, 0.717) is 23.7 Å². The van der Waals surface area contributed by atoms with E-state index >= 15 is 0 Å². The van der Waals surface area contributed by atoms with Gasteiger partial charge in [-0.25, -0.2) is 8.42 Å². The van der Waals surface area contributed by atoms with E-state index in [2.05, 4.69) is 5.32 Å². The first kappa shape index (κ1) is 22.7. The molecule has 0 radical (unpaired) electrons. The van der Waals surface area contributed by atoms with Gasteiger partial charge in [-0.15, -0.1) is 0 Å². The summed E-state index contributed by atoms with van der Waals surface area (Å²) in [4.78, 5) is 14.7. The van der Waals surface area contributed by atoms with Crippen LogP contribution in [0.3, 0.4) is 0 Å². The molecule has 3 aromatic rings. The Labute approximate surface area is 187 Å². The lowest BCUT2D eigenvalue weighted by Gasteiger charge is -2.22. The predicted octanol–water partition coefficient (Wildman–Crippen LogP) is 4.64. The molecule has 8 heteroatoms. The molecule has 0 atom stereocenters. The molecule has 0 spiro atoms. The van der Waals surface area contributed by atoms with Crippen LogP contribution in [0.4, 0.5) is 11.4 Å². The van der Waals surface area contributed by atoms with Crippen molar-refractivity contribution in [3.8, 4) is 5.75 Å². The van der Waals surface area contributed by atoms with E-state index < -0.39 is 15.9 Å². The Morgan fingerprint density at radius 1 is 1.00 bits per heavy atom. The summed E-state index contributed by atoms with van der Waals surface area (Å²) >= 11 is 1.52. The third-order valence-electron chi connectivity index (χ3n) is 4.24. The van der Waals surface area contributed by atoms with E-state index in [0.717, 1.165) is 20.4 Å². The van der Waals surface area contributed by atoms with Crippen LogP contribution in [0.5, 0.6) is 5.75 Å². The minimum Gasteiger partial charge on any atom is -0.494 e. The molecule has 1 N–H and O–H groups in total. The minimum atomic E-state index is -3.68. The fourth-order valence-electron chi connectivity index (χ4n) is 2.89. The highest BCUT2D eigenvalue weighted by Crippen LogP contribution is 2.33. The molecular formula is C23H24N2O4S2. The van der Waals surface area contributed by atoms with Gasteiger partial charge in [0.15, 0.2) is 0 Å². The van der Waals surface area contributed by atoms with Gasteiger partial charge in [0.25, 0.3) is 0 Å². The van der Waals surface area contributed by atoms with Crippen molar-refractivity contribution in [2.24, 2.45) is 0 Å². The number of hydrogen-bond donors (Lipinski definition) is 1. The molecule has 0 aliphatic rings. The van der Waals surface area contributed by atoms with Gasteiger partial charge < -0.3 is 10.1 Å². The number of ether oxygens (including phenoxy) is 1. The molecule has 0 bridgehead atoms. The van der Waals surface area contributed by atoms with Crippen molar-refractivity contribution in [2.45, 2.75) is 16.7 Å². The van der Waals surface area contributed by atoms with Crippen molar-refractivity contribution in [3.05, 3.63) is 78.9 Å². The molecule has 162 valence electrons. The Kier molecular flexibility index (Phi) is 7.59. The Balaban J connectivity index is 1.79. The number of nitrogens with one attached hydrogen (secondary N) is 1. The maximum Gasteiger partial charge on any atom is 0.245 e. The molecule has 0 unspecified atom stereocenters. The fourth-order valence-corrected chi connectivity index (χ4v) is 4.66. The second-order valence-corrected chi connectivity index (χ2v) is 9.68. The normalized spacial score (nSPS) is 11.0. The van der Waals surface area contributed by atoms with Gasteiger partial charge in [-0.2, -0.15) is 0 Å². The average molecular weight is 457 g/mol. The summed E-state index contributed by atoms with van der Waals surface area (Å²) in [6, 6.07) is 23.9. The molecule has 0 fully saturated rings. The third kappa shape index (κ3) is 6.50. The summed E-state index contributed by atoms with van der Waals surface area (Å²) in [5, 5.41) is 2.85. The second kappa shape index (κ2) is 10.4. The van der Waals surface area contributed by atoms with Crippen molar-refractivity contribution in [1.29, 1.82) is 0 Å². The van der Waals surface area contributed by atoms with Crippen LogP contribution in [0.1, 0.15) is 6.92 Å². The highest BCUT2D eigenvalue weighted by molar-refractivity contribution is 7.99. The van der Waals surface area contributed by atoms with Crippen molar-refractivity contribution < 1.29 is 17.9 Å². The molecule has 0 aliphatic heterocycles. The van der Waals surface area contributed by atoms with Crippen molar-refractivity contribution in [2.75, 3.05) is 29.0 Å². The maximum atomic E-state index is 12.8. The van der Waals surface area contributed by atoms with Crippen molar-refractivity contribution in [1.82, 2.24) is 0 Å².